The Bertz CT molecular complexity index is 565. The van der Waals surface area contributed by atoms with Gasteiger partial charge in [-0.05, 0) is 33.5 Å². The van der Waals surface area contributed by atoms with Crippen molar-refractivity contribution in [2.24, 2.45) is 5.41 Å². The maximum Gasteiger partial charge on any atom is 0.244 e. The molecule has 0 saturated carbocycles. The first-order valence-electron chi connectivity index (χ1n) is 5.69. The van der Waals surface area contributed by atoms with Gasteiger partial charge in [0.2, 0.25) is 10.0 Å². The minimum atomic E-state index is -3.65. The largest absolute Gasteiger partial charge is 0.495 e. The molecule has 0 fully saturated rings. The fourth-order valence-electron chi connectivity index (χ4n) is 1.31. The van der Waals surface area contributed by atoms with E-state index in [0.717, 1.165) is 0 Å². The van der Waals surface area contributed by atoms with Crippen LogP contribution in [0.5, 0.6) is 5.75 Å². The van der Waals surface area contributed by atoms with Gasteiger partial charge in [0, 0.05) is 16.7 Å². The molecule has 19 heavy (non-hydrogen) atoms. The van der Waals surface area contributed by atoms with E-state index in [1.54, 1.807) is 6.07 Å². The summed E-state index contributed by atoms with van der Waals surface area (Å²) in [6.45, 7) is 6.17. The van der Waals surface area contributed by atoms with Crippen LogP contribution in [0.1, 0.15) is 20.8 Å². The molecule has 0 saturated heterocycles. The summed E-state index contributed by atoms with van der Waals surface area (Å²) in [6, 6.07) is 2.93. The zero-order valence-electron chi connectivity index (χ0n) is 11.5. The molecule has 0 aliphatic carbocycles. The summed E-state index contributed by atoms with van der Waals surface area (Å²) in [5.41, 5.74) is 5.92. The van der Waals surface area contributed by atoms with Gasteiger partial charge in [-0.2, -0.15) is 0 Å². The maximum atomic E-state index is 12.3. The molecule has 7 heteroatoms. The highest BCUT2D eigenvalue weighted by Crippen LogP contribution is 2.32. The first-order chi connectivity index (χ1) is 8.57. The molecule has 0 spiro atoms. The molecular formula is C12H19BrN2O3S. The molecule has 0 heterocycles. The molecule has 1 rings (SSSR count). The summed E-state index contributed by atoms with van der Waals surface area (Å²) in [5.74, 6) is 0.252. The van der Waals surface area contributed by atoms with Crippen LogP contribution in [-0.4, -0.2) is 22.1 Å². The molecule has 0 amide bonds. The van der Waals surface area contributed by atoms with Crippen molar-refractivity contribution in [1.82, 2.24) is 4.72 Å². The lowest BCUT2D eigenvalue weighted by molar-refractivity contribution is 0.396. The number of hydrogen-bond donors (Lipinski definition) is 2. The molecule has 108 valence electrons. The van der Waals surface area contributed by atoms with Crippen LogP contribution in [0.15, 0.2) is 21.5 Å². The van der Waals surface area contributed by atoms with E-state index < -0.39 is 10.0 Å². The Morgan fingerprint density at radius 1 is 1.37 bits per heavy atom. The second-order valence-corrected chi connectivity index (χ2v) is 8.00. The molecule has 0 bridgehead atoms. The first kappa shape index (κ1) is 16.3. The number of halogens is 1. The van der Waals surface area contributed by atoms with E-state index in [1.807, 2.05) is 20.8 Å². The molecule has 0 aromatic heterocycles. The third-order valence-corrected chi connectivity index (χ3v) is 4.47. The molecule has 1 aromatic rings. The zero-order chi connectivity index (χ0) is 14.8. The van der Waals surface area contributed by atoms with Crippen molar-refractivity contribution in [2.75, 3.05) is 19.4 Å². The number of rotatable bonds is 4. The Kier molecular flexibility index (Phi) is 4.86. The molecule has 0 radical (unpaired) electrons. The predicted octanol–water partition coefficient (Wildman–Crippen LogP) is 2.36. The van der Waals surface area contributed by atoms with Crippen LogP contribution in [0.25, 0.3) is 0 Å². The second kappa shape index (κ2) is 5.68. The van der Waals surface area contributed by atoms with Crippen LogP contribution < -0.4 is 15.2 Å². The van der Waals surface area contributed by atoms with Crippen molar-refractivity contribution in [1.29, 1.82) is 0 Å². The van der Waals surface area contributed by atoms with E-state index in [-0.39, 0.29) is 16.1 Å². The van der Waals surface area contributed by atoms with Crippen LogP contribution in [0.4, 0.5) is 5.69 Å². The van der Waals surface area contributed by atoms with Crippen LogP contribution in [-0.2, 0) is 10.0 Å². The SMILES string of the molecule is COc1cc(Br)c(N)cc1S(=O)(=O)NCC(C)(C)C. The van der Waals surface area contributed by atoms with Crippen LogP contribution in [0.2, 0.25) is 0 Å². The van der Waals surface area contributed by atoms with Crippen molar-refractivity contribution >= 4 is 31.6 Å². The van der Waals surface area contributed by atoms with Crippen LogP contribution >= 0.6 is 15.9 Å². The number of benzene rings is 1. The number of hydrogen-bond acceptors (Lipinski definition) is 4. The molecule has 0 aliphatic heterocycles. The number of nitrogens with two attached hydrogens (primary N) is 1. The van der Waals surface area contributed by atoms with E-state index in [9.17, 15) is 8.42 Å². The fourth-order valence-corrected chi connectivity index (χ4v) is 3.10. The third kappa shape index (κ3) is 4.36. The second-order valence-electron chi connectivity index (χ2n) is 5.41. The van der Waals surface area contributed by atoms with Crippen molar-refractivity contribution in [2.45, 2.75) is 25.7 Å². The fraction of sp³-hybridized carbons (Fsp3) is 0.500. The first-order valence-corrected chi connectivity index (χ1v) is 7.97. The Hall–Kier alpha value is -0.790. The van der Waals surface area contributed by atoms with Gasteiger partial charge in [-0.25, -0.2) is 13.1 Å². The summed E-state index contributed by atoms with van der Waals surface area (Å²) in [6.07, 6.45) is 0. The van der Waals surface area contributed by atoms with E-state index in [4.69, 9.17) is 10.5 Å². The lowest BCUT2D eigenvalue weighted by atomic mass is 9.98. The van der Waals surface area contributed by atoms with Gasteiger partial charge in [-0.3, -0.25) is 0 Å². The standard InChI is InChI=1S/C12H19BrN2O3S/c1-12(2,3)7-15-19(16,17)11-6-9(14)8(13)5-10(11)18-4/h5-6,15H,7,14H2,1-4H3. The number of anilines is 1. The van der Waals surface area contributed by atoms with Gasteiger partial charge in [-0.1, -0.05) is 20.8 Å². The monoisotopic (exact) mass is 350 g/mol. The summed E-state index contributed by atoms with van der Waals surface area (Å²) in [7, 11) is -2.23. The van der Waals surface area contributed by atoms with E-state index in [0.29, 0.717) is 16.7 Å². The summed E-state index contributed by atoms with van der Waals surface area (Å²) in [5, 5.41) is 0. The quantitative estimate of drug-likeness (QED) is 0.816. The van der Waals surface area contributed by atoms with E-state index in [1.165, 1.54) is 13.2 Å². The van der Waals surface area contributed by atoms with Gasteiger partial charge >= 0.3 is 0 Å². The molecule has 5 nitrogen and oxygen atoms in total. The number of nitrogens with one attached hydrogen (secondary N) is 1. The van der Waals surface area contributed by atoms with Crippen molar-refractivity contribution < 1.29 is 13.2 Å². The normalized spacial score (nSPS) is 12.5. The minimum absolute atomic E-state index is 0.0416. The Morgan fingerprint density at radius 3 is 2.42 bits per heavy atom. The number of nitrogen functional groups attached to an aromatic ring is 1. The van der Waals surface area contributed by atoms with Gasteiger partial charge in [0.1, 0.15) is 10.6 Å². The molecule has 0 atom stereocenters. The predicted molar refractivity (Wildman–Crippen MR) is 79.7 cm³/mol. The molecule has 0 unspecified atom stereocenters. The van der Waals surface area contributed by atoms with E-state index >= 15 is 0 Å². The Morgan fingerprint density at radius 2 is 1.95 bits per heavy atom. The van der Waals surface area contributed by atoms with E-state index in [2.05, 4.69) is 20.7 Å². The lowest BCUT2D eigenvalue weighted by Gasteiger charge is -2.19. The summed E-state index contributed by atoms with van der Waals surface area (Å²) in [4.78, 5) is 0.0416. The van der Waals surface area contributed by atoms with Gasteiger partial charge in [0.25, 0.3) is 0 Å². The average Bonchev–Trinajstić information content (AvgIpc) is 2.28. The van der Waals surface area contributed by atoms with Crippen molar-refractivity contribution in [3.05, 3.63) is 16.6 Å². The smallest absolute Gasteiger partial charge is 0.244 e. The highest BCUT2D eigenvalue weighted by atomic mass is 79.9. The molecule has 0 aliphatic rings. The Labute approximate surface area is 122 Å². The molecular weight excluding hydrogens is 332 g/mol. The maximum absolute atomic E-state index is 12.3. The van der Waals surface area contributed by atoms with Gasteiger partial charge in [-0.15, -0.1) is 0 Å². The van der Waals surface area contributed by atoms with Gasteiger partial charge in [0.05, 0.1) is 7.11 Å². The van der Waals surface area contributed by atoms with Crippen LogP contribution in [0.3, 0.4) is 0 Å². The molecule has 3 N–H and O–H groups in total. The Balaban J connectivity index is 3.17. The minimum Gasteiger partial charge on any atom is -0.495 e. The topological polar surface area (TPSA) is 81.4 Å². The van der Waals surface area contributed by atoms with Crippen molar-refractivity contribution in [3.8, 4) is 5.75 Å². The number of ether oxygens (including phenoxy) is 1. The summed E-state index contributed by atoms with van der Waals surface area (Å²) < 4.78 is 32.8. The van der Waals surface area contributed by atoms with Gasteiger partial charge in [0.15, 0.2) is 0 Å². The van der Waals surface area contributed by atoms with Crippen molar-refractivity contribution in [3.63, 3.8) is 0 Å². The lowest BCUT2D eigenvalue weighted by Crippen LogP contribution is -2.32. The third-order valence-electron chi connectivity index (χ3n) is 2.36. The van der Waals surface area contributed by atoms with Crippen LogP contribution in [0, 0.1) is 5.41 Å². The highest BCUT2D eigenvalue weighted by molar-refractivity contribution is 9.10. The molecule has 1 aromatic carbocycles. The highest BCUT2D eigenvalue weighted by Gasteiger charge is 2.23. The number of sulfonamides is 1. The summed E-state index contributed by atoms with van der Waals surface area (Å²) >= 11 is 3.24. The van der Waals surface area contributed by atoms with Gasteiger partial charge < -0.3 is 10.5 Å². The average molecular weight is 351 g/mol. The zero-order valence-corrected chi connectivity index (χ0v) is 13.9. The number of methoxy groups -OCH3 is 1.